The van der Waals surface area contributed by atoms with Gasteiger partial charge in [0.1, 0.15) is 15.8 Å². The van der Waals surface area contributed by atoms with Gasteiger partial charge in [0, 0.05) is 54.9 Å². The molecule has 2 saturated carbocycles. The number of benzene rings is 1. The lowest BCUT2D eigenvalue weighted by atomic mass is 9.94. The van der Waals surface area contributed by atoms with Crippen LogP contribution in [-0.2, 0) is 11.2 Å². The molecule has 2 aliphatic heterocycles. The van der Waals surface area contributed by atoms with Crippen LogP contribution in [0.4, 0.5) is 0 Å². The number of amides is 1. The second kappa shape index (κ2) is 11.5. The van der Waals surface area contributed by atoms with E-state index in [0.717, 1.165) is 80.4 Å². The van der Waals surface area contributed by atoms with E-state index >= 15 is 0 Å². The Morgan fingerprint density at radius 1 is 1.21 bits per heavy atom. The molecule has 2 aromatic rings. The Bertz CT molecular complexity index is 1220. The van der Waals surface area contributed by atoms with Gasteiger partial charge in [-0.15, -0.1) is 0 Å². The smallest absolute Gasteiger partial charge is 0.266 e. The maximum absolute atomic E-state index is 13.6. The molecule has 4 aliphatic rings. The van der Waals surface area contributed by atoms with Crippen molar-refractivity contribution >= 4 is 51.9 Å². The summed E-state index contributed by atoms with van der Waals surface area (Å²) >= 11 is 13.3. The minimum absolute atomic E-state index is 0.0557. The number of thiocarbonyl (C=S) groups is 1. The molecule has 2 saturated heterocycles. The van der Waals surface area contributed by atoms with E-state index < -0.39 is 0 Å². The highest BCUT2D eigenvalue weighted by Crippen LogP contribution is 2.49. The van der Waals surface area contributed by atoms with Crippen molar-refractivity contribution in [2.45, 2.75) is 64.0 Å². The minimum atomic E-state index is 0.0557. The van der Waals surface area contributed by atoms with E-state index in [2.05, 4.69) is 23.2 Å². The predicted molar refractivity (Wildman–Crippen MR) is 160 cm³/mol. The molecule has 4 unspecified atom stereocenters. The van der Waals surface area contributed by atoms with E-state index in [4.69, 9.17) is 28.2 Å². The van der Waals surface area contributed by atoms with Gasteiger partial charge in [-0.05, 0) is 86.3 Å². The Balaban J connectivity index is 1.26. The number of carbonyl (C=O) groups is 1. The van der Waals surface area contributed by atoms with Gasteiger partial charge in [0.05, 0.1) is 4.91 Å². The molecule has 4 fully saturated rings. The number of hydrogen-bond acceptors (Lipinski definition) is 6. The van der Waals surface area contributed by atoms with Crippen LogP contribution in [0.2, 0.25) is 5.02 Å². The van der Waals surface area contributed by atoms with Crippen LogP contribution in [0.5, 0.6) is 0 Å². The summed E-state index contributed by atoms with van der Waals surface area (Å²) in [5.74, 6) is 3.01. The molecule has 1 N–H and O–H groups in total. The molecule has 202 valence electrons. The van der Waals surface area contributed by atoms with Crippen molar-refractivity contribution in [3.05, 3.63) is 51.6 Å². The topological polar surface area (TPSA) is 48.7 Å². The summed E-state index contributed by atoms with van der Waals surface area (Å²) < 4.78 is 7.14. The van der Waals surface area contributed by atoms with Crippen molar-refractivity contribution in [3.63, 3.8) is 0 Å². The maximum atomic E-state index is 13.6. The Hall–Kier alpha value is -1.64. The number of hydrogen-bond donors (Lipinski definition) is 1. The predicted octanol–water partition coefficient (Wildman–Crippen LogP) is 6.61. The lowest BCUT2D eigenvalue weighted by molar-refractivity contribution is -0.124. The SMILES string of the molecule is CCC(CCc1cc(-c2ccc(Cl)cc2)oc1/C=C1/SC(=S)N(C2CC3CCC2C3)C1=O)N1CCNCC1. The number of carbonyl (C=O) groups excluding carboxylic acids is 1. The van der Waals surface area contributed by atoms with E-state index in [1.165, 1.54) is 31.0 Å². The summed E-state index contributed by atoms with van der Waals surface area (Å²) in [7, 11) is 0. The van der Waals surface area contributed by atoms with Crippen molar-refractivity contribution in [1.29, 1.82) is 0 Å². The number of fused-ring (bicyclic) bond motifs is 2. The fraction of sp³-hybridized carbons (Fsp3) is 0.533. The summed E-state index contributed by atoms with van der Waals surface area (Å²) in [5.41, 5.74) is 2.13. The third-order valence-electron chi connectivity index (χ3n) is 8.97. The summed E-state index contributed by atoms with van der Waals surface area (Å²) in [4.78, 5) is 18.8. The minimum Gasteiger partial charge on any atom is -0.456 e. The molecule has 3 heterocycles. The van der Waals surface area contributed by atoms with Crippen LogP contribution in [0.25, 0.3) is 17.4 Å². The number of furan rings is 1. The largest absolute Gasteiger partial charge is 0.456 e. The fourth-order valence-electron chi connectivity index (χ4n) is 6.94. The first-order valence-electron chi connectivity index (χ1n) is 14.1. The van der Waals surface area contributed by atoms with E-state index in [0.29, 0.717) is 26.2 Å². The number of thioether (sulfide) groups is 1. The molecule has 1 aromatic carbocycles. The number of nitrogens with zero attached hydrogens (tertiary/aromatic N) is 2. The zero-order chi connectivity index (χ0) is 26.2. The zero-order valence-electron chi connectivity index (χ0n) is 22.0. The van der Waals surface area contributed by atoms with E-state index in [-0.39, 0.29) is 11.9 Å². The van der Waals surface area contributed by atoms with Crippen LogP contribution in [0, 0.1) is 11.8 Å². The second-order valence-electron chi connectivity index (χ2n) is 11.2. The molecule has 5 nitrogen and oxygen atoms in total. The summed E-state index contributed by atoms with van der Waals surface area (Å²) in [6.07, 6.45) is 9.92. The zero-order valence-corrected chi connectivity index (χ0v) is 24.3. The Kier molecular flexibility index (Phi) is 8.01. The lowest BCUT2D eigenvalue weighted by Crippen LogP contribution is -2.48. The van der Waals surface area contributed by atoms with E-state index in [9.17, 15) is 4.79 Å². The van der Waals surface area contributed by atoms with Crippen molar-refractivity contribution in [3.8, 4) is 11.3 Å². The number of rotatable bonds is 8. The second-order valence-corrected chi connectivity index (χ2v) is 13.3. The monoisotopic (exact) mass is 569 g/mol. The fourth-order valence-corrected chi connectivity index (χ4v) is 8.41. The van der Waals surface area contributed by atoms with Crippen molar-refractivity contribution in [2.75, 3.05) is 26.2 Å². The van der Waals surface area contributed by atoms with E-state index in [1.807, 2.05) is 35.2 Å². The van der Waals surface area contributed by atoms with Gasteiger partial charge in [-0.1, -0.05) is 48.9 Å². The average Bonchev–Trinajstić information content (AvgIpc) is 3.71. The van der Waals surface area contributed by atoms with Gasteiger partial charge < -0.3 is 9.73 Å². The highest BCUT2D eigenvalue weighted by Gasteiger charge is 2.48. The first-order chi connectivity index (χ1) is 18.5. The van der Waals surface area contributed by atoms with Gasteiger partial charge in [0.15, 0.2) is 0 Å². The van der Waals surface area contributed by atoms with Crippen LogP contribution >= 0.6 is 35.6 Å². The molecular weight excluding hydrogens is 534 g/mol. The molecule has 6 rings (SSSR count). The molecule has 2 bridgehead atoms. The molecule has 4 atom stereocenters. The molecular formula is C30H36ClN3O2S2. The normalized spacial score (nSPS) is 27.7. The van der Waals surface area contributed by atoms with Crippen LogP contribution in [0.1, 0.15) is 56.8 Å². The van der Waals surface area contributed by atoms with Gasteiger partial charge in [-0.2, -0.15) is 0 Å². The lowest BCUT2D eigenvalue weighted by Gasteiger charge is -2.34. The molecule has 8 heteroatoms. The van der Waals surface area contributed by atoms with Crippen LogP contribution in [-0.4, -0.2) is 58.3 Å². The highest BCUT2D eigenvalue weighted by atomic mass is 35.5. The summed E-state index contributed by atoms with van der Waals surface area (Å²) in [6.45, 7) is 6.58. The van der Waals surface area contributed by atoms with Gasteiger partial charge >= 0.3 is 0 Å². The molecule has 38 heavy (non-hydrogen) atoms. The van der Waals surface area contributed by atoms with Gasteiger partial charge in [0.2, 0.25) is 0 Å². The molecule has 1 aromatic heterocycles. The van der Waals surface area contributed by atoms with Crippen LogP contribution in [0.3, 0.4) is 0 Å². The maximum Gasteiger partial charge on any atom is 0.266 e. The van der Waals surface area contributed by atoms with Crippen LogP contribution < -0.4 is 5.32 Å². The number of nitrogens with one attached hydrogen (secondary N) is 1. The molecule has 2 aliphatic carbocycles. The number of halogens is 1. The van der Waals surface area contributed by atoms with Gasteiger partial charge in [-0.3, -0.25) is 14.6 Å². The third kappa shape index (κ3) is 5.37. The Morgan fingerprint density at radius 3 is 2.68 bits per heavy atom. The number of aryl methyl sites for hydroxylation is 1. The first-order valence-corrected chi connectivity index (χ1v) is 15.7. The Labute approximate surface area is 240 Å². The van der Waals surface area contributed by atoms with Gasteiger partial charge in [-0.25, -0.2) is 0 Å². The third-order valence-corrected chi connectivity index (χ3v) is 10.6. The average molecular weight is 570 g/mol. The van der Waals surface area contributed by atoms with E-state index in [1.54, 1.807) is 0 Å². The standard InChI is InChI=1S/C30H36ClN3O2S2/c1-2-24(33-13-11-32-12-14-33)10-7-22-17-26(20-5-8-23(31)9-6-20)36-27(22)18-28-29(35)34(30(37)38-28)25-16-19-3-4-21(25)15-19/h5-6,8-9,17-19,21,24-25,32H,2-4,7,10-16H2,1H3/b28-18+. The molecule has 1 amide bonds. The molecule has 0 spiro atoms. The summed E-state index contributed by atoms with van der Waals surface area (Å²) in [6, 6.07) is 10.7. The van der Waals surface area contributed by atoms with Gasteiger partial charge in [0.25, 0.3) is 5.91 Å². The van der Waals surface area contributed by atoms with Crippen molar-refractivity contribution < 1.29 is 9.21 Å². The Morgan fingerprint density at radius 2 is 2.00 bits per heavy atom. The highest BCUT2D eigenvalue weighted by molar-refractivity contribution is 8.26. The van der Waals surface area contributed by atoms with Crippen molar-refractivity contribution in [2.24, 2.45) is 11.8 Å². The van der Waals surface area contributed by atoms with Crippen molar-refractivity contribution in [1.82, 2.24) is 15.1 Å². The molecule has 0 radical (unpaired) electrons. The quantitative estimate of drug-likeness (QED) is 0.285. The number of piperazine rings is 1. The first kappa shape index (κ1) is 26.6. The van der Waals surface area contributed by atoms with Crippen LogP contribution in [0.15, 0.2) is 39.7 Å². The summed E-state index contributed by atoms with van der Waals surface area (Å²) in [5, 5.41) is 4.16.